The lowest BCUT2D eigenvalue weighted by Gasteiger charge is -2.11. The molecule has 3 aromatic carbocycles. The van der Waals surface area contributed by atoms with E-state index in [1.807, 2.05) is 30.3 Å². The maximum absolute atomic E-state index is 13.2. The van der Waals surface area contributed by atoms with Gasteiger partial charge in [-0.25, -0.2) is 4.79 Å². The highest BCUT2D eigenvalue weighted by Crippen LogP contribution is 2.28. The van der Waals surface area contributed by atoms with Gasteiger partial charge in [-0.15, -0.1) is 0 Å². The standard InChI is InChI=1S/C23H16O5/c24-17-10-11-18-19(13-17)28-20(12-14-4-2-1-3-5-14)21(22(18)25)15-6-8-16(9-7-15)23(26)27/h1-11,13,24H,12H2,(H,26,27). The Labute approximate surface area is 160 Å². The molecule has 28 heavy (non-hydrogen) atoms. The number of phenols is 1. The summed E-state index contributed by atoms with van der Waals surface area (Å²) in [7, 11) is 0. The highest BCUT2D eigenvalue weighted by Gasteiger charge is 2.17. The number of benzene rings is 3. The molecule has 5 heteroatoms. The molecule has 0 saturated carbocycles. The van der Waals surface area contributed by atoms with E-state index in [2.05, 4.69) is 0 Å². The molecule has 0 unspecified atom stereocenters. The summed E-state index contributed by atoms with van der Waals surface area (Å²) in [6, 6.07) is 20.1. The number of aromatic carboxylic acids is 1. The summed E-state index contributed by atoms with van der Waals surface area (Å²) < 4.78 is 6.01. The zero-order valence-corrected chi connectivity index (χ0v) is 14.8. The molecule has 138 valence electrons. The molecule has 0 fully saturated rings. The van der Waals surface area contributed by atoms with Crippen molar-refractivity contribution in [3.63, 3.8) is 0 Å². The Bertz CT molecular complexity index is 1220. The van der Waals surface area contributed by atoms with E-state index in [1.54, 1.807) is 12.1 Å². The van der Waals surface area contributed by atoms with Gasteiger partial charge in [0.05, 0.1) is 16.5 Å². The third-order valence-electron chi connectivity index (χ3n) is 4.58. The quantitative estimate of drug-likeness (QED) is 0.552. The summed E-state index contributed by atoms with van der Waals surface area (Å²) >= 11 is 0. The summed E-state index contributed by atoms with van der Waals surface area (Å²) in [4.78, 5) is 24.3. The summed E-state index contributed by atoms with van der Waals surface area (Å²) in [6.07, 6.45) is 0.387. The number of carboxylic acids is 1. The lowest BCUT2D eigenvalue weighted by atomic mass is 9.97. The molecule has 0 aliphatic carbocycles. The van der Waals surface area contributed by atoms with Crippen molar-refractivity contribution in [3.05, 3.63) is 99.9 Å². The van der Waals surface area contributed by atoms with Crippen LogP contribution in [0.2, 0.25) is 0 Å². The zero-order valence-electron chi connectivity index (χ0n) is 14.8. The minimum Gasteiger partial charge on any atom is -0.508 e. The summed E-state index contributed by atoms with van der Waals surface area (Å²) in [5.74, 6) is -0.561. The average molecular weight is 372 g/mol. The van der Waals surface area contributed by atoms with Gasteiger partial charge in [0.2, 0.25) is 5.43 Å². The third-order valence-corrected chi connectivity index (χ3v) is 4.58. The monoisotopic (exact) mass is 372 g/mol. The fourth-order valence-electron chi connectivity index (χ4n) is 3.21. The minimum atomic E-state index is -1.03. The largest absolute Gasteiger partial charge is 0.508 e. The number of fused-ring (bicyclic) bond motifs is 1. The Hall–Kier alpha value is -3.86. The second-order valence-corrected chi connectivity index (χ2v) is 6.45. The van der Waals surface area contributed by atoms with Crippen LogP contribution in [0.25, 0.3) is 22.1 Å². The van der Waals surface area contributed by atoms with Crippen LogP contribution in [0.3, 0.4) is 0 Å². The summed E-state index contributed by atoms with van der Waals surface area (Å²) in [6.45, 7) is 0. The first-order chi connectivity index (χ1) is 13.5. The van der Waals surface area contributed by atoms with Crippen molar-refractivity contribution in [1.82, 2.24) is 0 Å². The van der Waals surface area contributed by atoms with E-state index in [0.29, 0.717) is 34.3 Å². The van der Waals surface area contributed by atoms with Crippen molar-refractivity contribution in [2.75, 3.05) is 0 Å². The number of phenolic OH excluding ortho intramolecular Hbond substituents is 1. The number of hydrogen-bond donors (Lipinski definition) is 2. The van der Waals surface area contributed by atoms with Gasteiger partial charge in [-0.05, 0) is 35.4 Å². The molecular weight excluding hydrogens is 356 g/mol. The number of hydrogen-bond acceptors (Lipinski definition) is 4. The normalized spacial score (nSPS) is 10.9. The van der Waals surface area contributed by atoms with Crippen LogP contribution in [-0.4, -0.2) is 16.2 Å². The third kappa shape index (κ3) is 3.25. The molecule has 5 nitrogen and oxygen atoms in total. The SMILES string of the molecule is O=C(O)c1ccc(-c2c(Cc3ccccc3)oc3cc(O)ccc3c2=O)cc1. The Morgan fingerprint density at radius 2 is 1.64 bits per heavy atom. The summed E-state index contributed by atoms with van der Waals surface area (Å²) in [5.41, 5.74) is 2.16. The topological polar surface area (TPSA) is 87.7 Å². The van der Waals surface area contributed by atoms with Gasteiger partial charge in [0, 0.05) is 12.5 Å². The van der Waals surface area contributed by atoms with Gasteiger partial charge in [-0.3, -0.25) is 4.79 Å². The first-order valence-electron chi connectivity index (χ1n) is 8.69. The predicted molar refractivity (Wildman–Crippen MR) is 106 cm³/mol. The van der Waals surface area contributed by atoms with Crippen LogP contribution in [0.15, 0.2) is 82.0 Å². The molecule has 0 saturated heterocycles. The average Bonchev–Trinajstić information content (AvgIpc) is 2.69. The number of carboxylic acid groups (broad SMARTS) is 1. The molecule has 4 rings (SSSR count). The van der Waals surface area contributed by atoms with Crippen LogP contribution in [0, 0.1) is 0 Å². The lowest BCUT2D eigenvalue weighted by molar-refractivity contribution is 0.0697. The molecule has 0 bridgehead atoms. The predicted octanol–water partition coefficient (Wildman–Crippen LogP) is 4.45. The molecule has 2 N–H and O–H groups in total. The van der Waals surface area contributed by atoms with Gasteiger partial charge in [-0.2, -0.15) is 0 Å². The van der Waals surface area contributed by atoms with Crippen molar-refractivity contribution in [2.45, 2.75) is 6.42 Å². The zero-order chi connectivity index (χ0) is 19.7. The first kappa shape index (κ1) is 17.5. The van der Waals surface area contributed by atoms with E-state index in [1.165, 1.54) is 30.3 Å². The van der Waals surface area contributed by atoms with E-state index < -0.39 is 5.97 Å². The lowest BCUT2D eigenvalue weighted by Crippen LogP contribution is -2.10. The molecule has 4 aromatic rings. The molecule has 0 amide bonds. The fraction of sp³-hybridized carbons (Fsp3) is 0.0435. The number of rotatable bonds is 4. The van der Waals surface area contributed by atoms with Crippen molar-refractivity contribution >= 4 is 16.9 Å². The highest BCUT2D eigenvalue weighted by atomic mass is 16.4. The number of carbonyl (C=O) groups is 1. The highest BCUT2D eigenvalue weighted by molar-refractivity contribution is 5.89. The Balaban J connectivity index is 1.95. The molecule has 1 heterocycles. The van der Waals surface area contributed by atoms with Gasteiger partial charge in [0.15, 0.2) is 0 Å². The maximum atomic E-state index is 13.2. The Morgan fingerprint density at radius 3 is 2.32 bits per heavy atom. The second kappa shape index (κ2) is 7.04. The van der Waals surface area contributed by atoms with Gasteiger partial charge in [0.25, 0.3) is 0 Å². The smallest absolute Gasteiger partial charge is 0.335 e. The molecule has 0 spiro atoms. The first-order valence-corrected chi connectivity index (χ1v) is 8.69. The molecule has 0 radical (unpaired) electrons. The van der Waals surface area contributed by atoms with E-state index in [9.17, 15) is 14.7 Å². The van der Waals surface area contributed by atoms with Crippen LogP contribution in [0.4, 0.5) is 0 Å². The van der Waals surface area contributed by atoms with E-state index >= 15 is 0 Å². The molecule has 0 aliphatic heterocycles. The van der Waals surface area contributed by atoms with Crippen LogP contribution >= 0.6 is 0 Å². The molecule has 1 aromatic heterocycles. The van der Waals surface area contributed by atoms with Crippen molar-refractivity contribution in [3.8, 4) is 16.9 Å². The van der Waals surface area contributed by atoms with Crippen LogP contribution in [-0.2, 0) is 6.42 Å². The van der Waals surface area contributed by atoms with E-state index in [4.69, 9.17) is 9.52 Å². The summed E-state index contributed by atoms with van der Waals surface area (Å²) in [5, 5.41) is 19.2. The van der Waals surface area contributed by atoms with E-state index in [-0.39, 0.29) is 16.7 Å². The van der Waals surface area contributed by atoms with Crippen molar-refractivity contribution in [1.29, 1.82) is 0 Å². The van der Waals surface area contributed by atoms with Gasteiger partial charge in [-0.1, -0.05) is 42.5 Å². The number of aromatic hydroxyl groups is 1. The van der Waals surface area contributed by atoms with Gasteiger partial charge < -0.3 is 14.6 Å². The van der Waals surface area contributed by atoms with Crippen LogP contribution in [0.5, 0.6) is 5.75 Å². The fourth-order valence-corrected chi connectivity index (χ4v) is 3.21. The molecule has 0 aliphatic rings. The second-order valence-electron chi connectivity index (χ2n) is 6.45. The van der Waals surface area contributed by atoms with Crippen molar-refractivity contribution in [2.24, 2.45) is 0 Å². The van der Waals surface area contributed by atoms with Crippen LogP contribution < -0.4 is 5.43 Å². The Morgan fingerprint density at radius 1 is 0.929 bits per heavy atom. The van der Waals surface area contributed by atoms with Gasteiger partial charge >= 0.3 is 5.97 Å². The van der Waals surface area contributed by atoms with E-state index in [0.717, 1.165) is 5.56 Å². The minimum absolute atomic E-state index is 0.0138. The van der Waals surface area contributed by atoms with Gasteiger partial charge in [0.1, 0.15) is 17.1 Å². The maximum Gasteiger partial charge on any atom is 0.335 e. The molecular formula is C23H16O5. The molecule has 0 atom stereocenters. The van der Waals surface area contributed by atoms with Crippen molar-refractivity contribution < 1.29 is 19.4 Å². The Kier molecular flexibility index (Phi) is 4.41. The van der Waals surface area contributed by atoms with Crippen LogP contribution in [0.1, 0.15) is 21.7 Å².